The summed E-state index contributed by atoms with van der Waals surface area (Å²) < 4.78 is 0. The number of hydrogen-bond acceptors (Lipinski definition) is 6. The fourth-order valence-corrected chi connectivity index (χ4v) is 2.06. The van der Waals surface area contributed by atoms with Crippen LogP contribution < -0.4 is 16.6 Å². The molecule has 2 aromatic rings. The molecule has 0 saturated heterocycles. The van der Waals surface area contributed by atoms with Crippen LogP contribution in [0.15, 0.2) is 11.4 Å². The van der Waals surface area contributed by atoms with Crippen LogP contribution in [0, 0.1) is 0 Å². The smallest absolute Gasteiger partial charge is 0.240 e. The van der Waals surface area contributed by atoms with E-state index in [9.17, 15) is 0 Å². The van der Waals surface area contributed by atoms with Crippen molar-refractivity contribution in [3.8, 4) is 0 Å². The number of thiophene rings is 1. The zero-order valence-electron chi connectivity index (χ0n) is 8.45. The molecule has 0 atom stereocenters. The summed E-state index contributed by atoms with van der Waals surface area (Å²) in [5, 5.41) is 6.30. The normalized spacial score (nSPS) is 10.5. The number of rotatable bonds is 4. The second-order valence-electron chi connectivity index (χ2n) is 3.11. The molecule has 0 fully saturated rings. The molecule has 0 aromatic carbocycles. The van der Waals surface area contributed by atoms with Gasteiger partial charge in [-0.05, 0) is 17.9 Å². The van der Waals surface area contributed by atoms with E-state index in [2.05, 4.69) is 27.6 Å². The van der Waals surface area contributed by atoms with Gasteiger partial charge in [0.2, 0.25) is 5.95 Å². The Morgan fingerprint density at radius 1 is 1.47 bits per heavy atom. The van der Waals surface area contributed by atoms with Crippen LogP contribution in [0.3, 0.4) is 0 Å². The first-order chi connectivity index (χ1) is 7.35. The maximum atomic E-state index is 5.31. The van der Waals surface area contributed by atoms with Crippen LogP contribution >= 0.6 is 11.3 Å². The Balaban J connectivity index is 2.43. The van der Waals surface area contributed by atoms with Gasteiger partial charge in [0.05, 0.1) is 5.39 Å². The van der Waals surface area contributed by atoms with E-state index in [-0.39, 0.29) is 0 Å². The lowest BCUT2D eigenvalue weighted by atomic mass is 10.3. The minimum Gasteiger partial charge on any atom is -0.369 e. The zero-order valence-corrected chi connectivity index (χ0v) is 9.27. The molecule has 5 nitrogen and oxygen atoms in total. The SMILES string of the molecule is CCCNc1nc(NN)nc2sccc12. The van der Waals surface area contributed by atoms with Gasteiger partial charge in [-0.1, -0.05) is 6.92 Å². The molecule has 0 amide bonds. The number of nitrogens with one attached hydrogen (secondary N) is 2. The van der Waals surface area contributed by atoms with Gasteiger partial charge in [-0.15, -0.1) is 11.3 Å². The maximum Gasteiger partial charge on any atom is 0.240 e. The third-order valence-corrected chi connectivity index (χ3v) is 2.80. The quantitative estimate of drug-likeness (QED) is 0.544. The zero-order chi connectivity index (χ0) is 10.7. The summed E-state index contributed by atoms with van der Waals surface area (Å²) in [5.41, 5.74) is 2.47. The number of anilines is 2. The molecule has 6 heteroatoms. The number of nitrogens with zero attached hydrogens (tertiary/aromatic N) is 2. The van der Waals surface area contributed by atoms with Gasteiger partial charge in [0, 0.05) is 6.54 Å². The predicted octanol–water partition coefficient (Wildman–Crippen LogP) is 1.80. The van der Waals surface area contributed by atoms with E-state index in [1.807, 2.05) is 11.4 Å². The monoisotopic (exact) mass is 223 g/mol. The highest BCUT2D eigenvalue weighted by Gasteiger charge is 2.07. The fourth-order valence-electron chi connectivity index (χ4n) is 1.30. The van der Waals surface area contributed by atoms with Gasteiger partial charge in [-0.25, -0.2) is 10.8 Å². The molecule has 80 valence electrons. The molecule has 0 aliphatic heterocycles. The van der Waals surface area contributed by atoms with Gasteiger partial charge in [0.25, 0.3) is 0 Å². The van der Waals surface area contributed by atoms with Crippen molar-refractivity contribution in [1.29, 1.82) is 0 Å². The van der Waals surface area contributed by atoms with E-state index < -0.39 is 0 Å². The number of hydrazine groups is 1. The maximum absolute atomic E-state index is 5.31. The molecule has 0 bridgehead atoms. The first-order valence-electron chi connectivity index (χ1n) is 4.81. The van der Waals surface area contributed by atoms with Crippen LogP contribution in [-0.4, -0.2) is 16.5 Å². The van der Waals surface area contributed by atoms with E-state index in [0.29, 0.717) is 5.95 Å². The van der Waals surface area contributed by atoms with Crippen molar-refractivity contribution in [2.45, 2.75) is 13.3 Å². The van der Waals surface area contributed by atoms with Crippen LogP contribution in [0.5, 0.6) is 0 Å². The van der Waals surface area contributed by atoms with Crippen molar-refractivity contribution < 1.29 is 0 Å². The van der Waals surface area contributed by atoms with Crippen LogP contribution in [0.25, 0.3) is 10.2 Å². The van der Waals surface area contributed by atoms with Crippen molar-refractivity contribution in [2.75, 3.05) is 17.3 Å². The minimum absolute atomic E-state index is 0.448. The molecule has 0 spiro atoms. The second-order valence-corrected chi connectivity index (χ2v) is 4.00. The van der Waals surface area contributed by atoms with Gasteiger partial charge in [0.1, 0.15) is 10.6 Å². The average Bonchev–Trinajstić information content (AvgIpc) is 2.73. The third-order valence-electron chi connectivity index (χ3n) is 2.00. The Hall–Kier alpha value is -1.40. The molecule has 2 rings (SSSR count). The van der Waals surface area contributed by atoms with Crippen LogP contribution in [-0.2, 0) is 0 Å². The average molecular weight is 223 g/mol. The summed E-state index contributed by atoms with van der Waals surface area (Å²) >= 11 is 1.58. The van der Waals surface area contributed by atoms with E-state index in [1.54, 1.807) is 11.3 Å². The Bertz CT molecular complexity index is 453. The number of nitrogens with two attached hydrogens (primary N) is 1. The van der Waals surface area contributed by atoms with Crippen molar-refractivity contribution >= 4 is 33.3 Å². The second kappa shape index (κ2) is 4.41. The number of fused-ring (bicyclic) bond motifs is 1. The van der Waals surface area contributed by atoms with E-state index in [1.165, 1.54) is 0 Å². The van der Waals surface area contributed by atoms with Crippen LogP contribution in [0.1, 0.15) is 13.3 Å². The van der Waals surface area contributed by atoms with Crippen LogP contribution in [0.2, 0.25) is 0 Å². The Labute approximate surface area is 91.7 Å². The van der Waals surface area contributed by atoms with Gasteiger partial charge in [-0.3, -0.25) is 5.43 Å². The lowest BCUT2D eigenvalue weighted by Crippen LogP contribution is -2.12. The highest BCUT2D eigenvalue weighted by molar-refractivity contribution is 7.16. The Morgan fingerprint density at radius 2 is 2.33 bits per heavy atom. The fraction of sp³-hybridized carbons (Fsp3) is 0.333. The minimum atomic E-state index is 0.448. The van der Waals surface area contributed by atoms with Crippen LogP contribution in [0.4, 0.5) is 11.8 Å². The first-order valence-corrected chi connectivity index (χ1v) is 5.69. The molecule has 0 aliphatic rings. The molecule has 15 heavy (non-hydrogen) atoms. The standard InChI is InChI=1S/C9H13N5S/c1-2-4-11-7-6-3-5-15-8(6)13-9(12-7)14-10/h3,5H,2,4,10H2,1H3,(H2,11,12,13,14). The van der Waals surface area contributed by atoms with E-state index in [0.717, 1.165) is 29.0 Å². The predicted molar refractivity (Wildman–Crippen MR) is 64.0 cm³/mol. The van der Waals surface area contributed by atoms with Crippen molar-refractivity contribution in [3.63, 3.8) is 0 Å². The van der Waals surface area contributed by atoms with Gasteiger partial charge >= 0.3 is 0 Å². The van der Waals surface area contributed by atoms with Gasteiger partial charge in [-0.2, -0.15) is 4.98 Å². The molecule has 4 N–H and O–H groups in total. The lowest BCUT2D eigenvalue weighted by molar-refractivity contribution is 0.969. The van der Waals surface area contributed by atoms with Crippen molar-refractivity contribution in [3.05, 3.63) is 11.4 Å². The summed E-state index contributed by atoms with van der Waals surface area (Å²) in [5.74, 6) is 6.60. The van der Waals surface area contributed by atoms with Crippen molar-refractivity contribution in [2.24, 2.45) is 5.84 Å². The van der Waals surface area contributed by atoms with Crippen molar-refractivity contribution in [1.82, 2.24) is 9.97 Å². The number of nitrogen functional groups attached to an aromatic ring is 1. The molecular formula is C9H13N5S. The van der Waals surface area contributed by atoms with Gasteiger partial charge < -0.3 is 5.32 Å². The molecule has 0 aliphatic carbocycles. The Kier molecular flexibility index (Phi) is 2.98. The largest absolute Gasteiger partial charge is 0.369 e. The van der Waals surface area contributed by atoms with Gasteiger partial charge in [0.15, 0.2) is 0 Å². The molecular weight excluding hydrogens is 210 g/mol. The lowest BCUT2D eigenvalue weighted by Gasteiger charge is -2.06. The third kappa shape index (κ3) is 2.00. The topological polar surface area (TPSA) is 75.9 Å². The summed E-state index contributed by atoms with van der Waals surface area (Å²) in [6.07, 6.45) is 1.06. The Morgan fingerprint density at radius 3 is 3.07 bits per heavy atom. The number of hydrogen-bond donors (Lipinski definition) is 3. The summed E-state index contributed by atoms with van der Waals surface area (Å²) in [6, 6.07) is 2.01. The first kappa shape index (κ1) is 10.1. The highest BCUT2D eigenvalue weighted by atomic mass is 32.1. The van der Waals surface area contributed by atoms with E-state index >= 15 is 0 Å². The molecule has 0 radical (unpaired) electrons. The number of aromatic nitrogens is 2. The molecule has 2 heterocycles. The summed E-state index contributed by atoms with van der Waals surface area (Å²) in [6.45, 7) is 3.01. The molecule has 2 aromatic heterocycles. The highest BCUT2D eigenvalue weighted by Crippen LogP contribution is 2.25. The molecule has 0 saturated carbocycles. The summed E-state index contributed by atoms with van der Waals surface area (Å²) in [7, 11) is 0. The summed E-state index contributed by atoms with van der Waals surface area (Å²) in [4.78, 5) is 9.47. The van der Waals surface area contributed by atoms with E-state index in [4.69, 9.17) is 5.84 Å². The molecule has 0 unspecified atom stereocenters.